The summed E-state index contributed by atoms with van der Waals surface area (Å²) < 4.78 is 5.24. The first-order valence-electron chi connectivity index (χ1n) is 11.0. The van der Waals surface area contributed by atoms with Gasteiger partial charge in [-0.15, -0.1) is 0 Å². The Morgan fingerprint density at radius 3 is 2.17 bits per heavy atom. The number of hydrogen-bond donors (Lipinski definition) is 1. The van der Waals surface area contributed by atoms with Crippen LogP contribution in [0.4, 0.5) is 5.69 Å². The van der Waals surface area contributed by atoms with Crippen LogP contribution < -0.4 is 15.0 Å². The number of methoxy groups -OCH3 is 1. The normalized spacial score (nSPS) is 15.8. The van der Waals surface area contributed by atoms with Crippen LogP contribution in [0.25, 0.3) is 0 Å². The Bertz CT molecular complexity index is 794. The van der Waals surface area contributed by atoms with Crippen LogP contribution in [0.3, 0.4) is 0 Å². The molecule has 0 bridgehead atoms. The van der Waals surface area contributed by atoms with E-state index in [1.54, 1.807) is 7.11 Å². The first-order chi connectivity index (χ1) is 14.5. The van der Waals surface area contributed by atoms with Crippen molar-refractivity contribution in [1.29, 1.82) is 0 Å². The second kappa shape index (κ2) is 10.5. The Balaban J connectivity index is 1.51. The topological polar surface area (TPSA) is 44.8 Å². The minimum Gasteiger partial charge on any atom is -0.497 e. The average molecular weight is 410 g/mol. The Hall–Kier alpha value is -2.53. The summed E-state index contributed by atoms with van der Waals surface area (Å²) in [7, 11) is 1.68. The molecule has 1 heterocycles. The SMILES string of the molecule is CCc1ccc([C@@H](NC(=O)CN2CCN(c3ccc(OC)cc3)CC2)C(C)C)cc1. The minimum atomic E-state index is 0.0454. The monoisotopic (exact) mass is 409 g/mol. The van der Waals surface area contributed by atoms with Crippen LogP contribution in [-0.4, -0.2) is 50.6 Å². The van der Waals surface area contributed by atoms with Crippen LogP contribution in [0.2, 0.25) is 0 Å². The van der Waals surface area contributed by atoms with Gasteiger partial charge in [0.05, 0.1) is 19.7 Å². The van der Waals surface area contributed by atoms with E-state index in [9.17, 15) is 4.79 Å². The van der Waals surface area contributed by atoms with Crippen LogP contribution in [0.5, 0.6) is 5.75 Å². The van der Waals surface area contributed by atoms with Gasteiger partial charge in [-0.25, -0.2) is 0 Å². The van der Waals surface area contributed by atoms with E-state index in [-0.39, 0.29) is 11.9 Å². The molecule has 1 fully saturated rings. The number of carbonyl (C=O) groups excluding carboxylic acids is 1. The molecule has 0 aromatic heterocycles. The molecule has 30 heavy (non-hydrogen) atoms. The fourth-order valence-electron chi connectivity index (χ4n) is 3.97. The quantitative estimate of drug-likeness (QED) is 0.718. The molecular weight excluding hydrogens is 374 g/mol. The number of benzene rings is 2. The lowest BCUT2D eigenvalue weighted by atomic mass is 9.95. The summed E-state index contributed by atoms with van der Waals surface area (Å²) in [6, 6.07) is 16.8. The zero-order valence-corrected chi connectivity index (χ0v) is 18.7. The van der Waals surface area contributed by atoms with Crippen LogP contribution in [0.1, 0.15) is 37.9 Å². The van der Waals surface area contributed by atoms with Crippen molar-refractivity contribution in [2.45, 2.75) is 33.2 Å². The molecule has 0 aliphatic carbocycles. The number of amides is 1. The maximum absolute atomic E-state index is 12.8. The summed E-state index contributed by atoms with van der Waals surface area (Å²) in [5.74, 6) is 1.32. The van der Waals surface area contributed by atoms with Crippen molar-refractivity contribution in [2.75, 3.05) is 44.7 Å². The Morgan fingerprint density at radius 1 is 1.00 bits per heavy atom. The van der Waals surface area contributed by atoms with E-state index in [4.69, 9.17) is 4.74 Å². The van der Waals surface area contributed by atoms with E-state index < -0.39 is 0 Å². The summed E-state index contributed by atoms with van der Waals surface area (Å²) in [5, 5.41) is 3.26. The molecule has 3 rings (SSSR count). The number of aryl methyl sites for hydroxylation is 1. The van der Waals surface area contributed by atoms with Crippen LogP contribution >= 0.6 is 0 Å². The molecular formula is C25H35N3O2. The molecule has 0 saturated carbocycles. The molecule has 1 aliphatic rings. The van der Waals surface area contributed by atoms with Gasteiger partial charge in [-0.3, -0.25) is 9.69 Å². The lowest BCUT2D eigenvalue weighted by molar-refractivity contribution is -0.123. The number of anilines is 1. The van der Waals surface area contributed by atoms with E-state index in [2.05, 4.69) is 72.3 Å². The van der Waals surface area contributed by atoms with Crippen molar-refractivity contribution >= 4 is 11.6 Å². The summed E-state index contributed by atoms with van der Waals surface area (Å²) in [6.07, 6.45) is 1.03. The zero-order valence-electron chi connectivity index (χ0n) is 18.7. The molecule has 0 spiro atoms. The highest BCUT2D eigenvalue weighted by atomic mass is 16.5. The smallest absolute Gasteiger partial charge is 0.234 e. The summed E-state index contributed by atoms with van der Waals surface area (Å²) in [4.78, 5) is 17.4. The molecule has 2 aromatic carbocycles. The van der Waals surface area contributed by atoms with Crippen LogP contribution in [0, 0.1) is 5.92 Å². The number of carbonyl (C=O) groups is 1. The summed E-state index contributed by atoms with van der Waals surface area (Å²) >= 11 is 0. The van der Waals surface area contributed by atoms with Gasteiger partial charge in [0, 0.05) is 31.9 Å². The maximum Gasteiger partial charge on any atom is 0.234 e. The van der Waals surface area contributed by atoms with E-state index in [1.165, 1.54) is 16.8 Å². The highest BCUT2D eigenvalue weighted by Crippen LogP contribution is 2.23. The van der Waals surface area contributed by atoms with Crippen molar-refractivity contribution in [3.05, 3.63) is 59.7 Å². The molecule has 2 aromatic rings. The molecule has 162 valence electrons. The third-order valence-corrected chi connectivity index (χ3v) is 5.91. The van der Waals surface area contributed by atoms with Gasteiger partial charge < -0.3 is 15.0 Å². The van der Waals surface area contributed by atoms with Crippen molar-refractivity contribution in [1.82, 2.24) is 10.2 Å². The Labute approximate surface area is 181 Å². The van der Waals surface area contributed by atoms with Gasteiger partial charge in [0.1, 0.15) is 5.75 Å². The van der Waals surface area contributed by atoms with E-state index in [1.807, 2.05) is 12.1 Å². The van der Waals surface area contributed by atoms with E-state index in [0.29, 0.717) is 12.5 Å². The van der Waals surface area contributed by atoms with Gasteiger partial charge in [-0.05, 0) is 47.7 Å². The van der Waals surface area contributed by atoms with Crippen LogP contribution in [0.15, 0.2) is 48.5 Å². The molecule has 1 saturated heterocycles. The molecule has 5 heteroatoms. The van der Waals surface area contributed by atoms with E-state index in [0.717, 1.165) is 38.3 Å². The average Bonchev–Trinajstić information content (AvgIpc) is 2.78. The highest BCUT2D eigenvalue weighted by molar-refractivity contribution is 5.78. The third-order valence-electron chi connectivity index (χ3n) is 5.91. The van der Waals surface area contributed by atoms with Gasteiger partial charge in [0.2, 0.25) is 5.91 Å². The standard InChI is InChI=1S/C25H35N3O2/c1-5-20-6-8-21(9-7-20)25(19(2)3)26-24(29)18-27-14-16-28(17-15-27)22-10-12-23(30-4)13-11-22/h6-13,19,25H,5,14-18H2,1-4H3,(H,26,29)/t25-/m0/s1. The number of ether oxygens (including phenoxy) is 1. The number of nitrogens with zero attached hydrogens (tertiary/aromatic N) is 2. The molecule has 0 radical (unpaired) electrons. The molecule has 5 nitrogen and oxygen atoms in total. The highest BCUT2D eigenvalue weighted by Gasteiger charge is 2.22. The predicted molar refractivity (Wildman–Crippen MR) is 123 cm³/mol. The minimum absolute atomic E-state index is 0.0454. The molecule has 1 atom stereocenters. The second-order valence-electron chi connectivity index (χ2n) is 8.35. The van der Waals surface area contributed by atoms with Gasteiger partial charge >= 0.3 is 0 Å². The van der Waals surface area contributed by atoms with Crippen molar-refractivity contribution in [2.24, 2.45) is 5.92 Å². The van der Waals surface area contributed by atoms with Crippen LogP contribution in [-0.2, 0) is 11.2 Å². The lowest BCUT2D eigenvalue weighted by Gasteiger charge is -2.36. The molecule has 1 amide bonds. The first kappa shape index (κ1) is 22.2. The van der Waals surface area contributed by atoms with Gasteiger partial charge in [0.15, 0.2) is 0 Å². The first-order valence-corrected chi connectivity index (χ1v) is 11.0. The van der Waals surface area contributed by atoms with Gasteiger partial charge in [0.25, 0.3) is 0 Å². The fraction of sp³-hybridized carbons (Fsp3) is 0.480. The molecule has 1 N–H and O–H groups in total. The fourth-order valence-corrected chi connectivity index (χ4v) is 3.97. The van der Waals surface area contributed by atoms with E-state index >= 15 is 0 Å². The zero-order chi connectivity index (χ0) is 21.5. The molecule has 1 aliphatic heterocycles. The Morgan fingerprint density at radius 2 is 1.63 bits per heavy atom. The number of nitrogens with one attached hydrogen (secondary N) is 1. The number of rotatable bonds is 8. The van der Waals surface area contributed by atoms with Crippen molar-refractivity contribution in [3.63, 3.8) is 0 Å². The number of hydrogen-bond acceptors (Lipinski definition) is 4. The summed E-state index contributed by atoms with van der Waals surface area (Å²) in [6.45, 7) is 10.5. The number of piperazine rings is 1. The second-order valence-corrected chi connectivity index (χ2v) is 8.35. The maximum atomic E-state index is 12.8. The third kappa shape index (κ3) is 5.76. The van der Waals surface area contributed by atoms with Crippen molar-refractivity contribution in [3.8, 4) is 5.75 Å². The van der Waals surface area contributed by atoms with Gasteiger partial charge in [-0.2, -0.15) is 0 Å². The van der Waals surface area contributed by atoms with Gasteiger partial charge in [-0.1, -0.05) is 45.0 Å². The lowest BCUT2D eigenvalue weighted by Crippen LogP contribution is -2.50. The predicted octanol–water partition coefficient (Wildman–Crippen LogP) is 3.89. The Kier molecular flexibility index (Phi) is 7.75. The largest absolute Gasteiger partial charge is 0.497 e. The molecule has 0 unspecified atom stereocenters. The van der Waals surface area contributed by atoms with Crippen molar-refractivity contribution < 1.29 is 9.53 Å². The summed E-state index contributed by atoms with van der Waals surface area (Å²) in [5.41, 5.74) is 3.71.